The zero-order valence-electron chi connectivity index (χ0n) is 21.3. The van der Waals surface area contributed by atoms with Crippen LogP contribution in [0.5, 0.6) is 5.75 Å². The predicted molar refractivity (Wildman–Crippen MR) is 131 cm³/mol. The van der Waals surface area contributed by atoms with Crippen LogP contribution >= 0.6 is 0 Å². The molecular weight excluding hydrogens is 470 g/mol. The number of aryl methyl sites for hydroxylation is 1. The van der Waals surface area contributed by atoms with Crippen LogP contribution in [-0.2, 0) is 11.3 Å². The number of aromatic nitrogens is 2. The molecule has 3 rings (SSSR count). The number of nitrogens with zero attached hydrogens (tertiary/aromatic N) is 2. The van der Waals surface area contributed by atoms with Gasteiger partial charge in [-0.3, -0.25) is 9.20 Å². The van der Waals surface area contributed by atoms with E-state index in [2.05, 4.69) is 15.6 Å². The van der Waals surface area contributed by atoms with Gasteiger partial charge in [0.2, 0.25) is 0 Å². The first-order chi connectivity index (χ1) is 16.9. The standard InChI is InChI=1S/C26H32F2N4O4/c1-15(2)20(31-25(34)36-26(4,5)6)13-29-24(33)22-16(3)30-23-21(11-8-12-32(22)23)35-14-17-18(27)9-7-10-19(17)28/h7-12,15,20H,13-14H2,1-6H3,(H,29,33)(H,31,34). The van der Waals surface area contributed by atoms with E-state index in [4.69, 9.17) is 9.47 Å². The van der Waals surface area contributed by atoms with Crippen LogP contribution < -0.4 is 15.4 Å². The molecule has 2 N–H and O–H groups in total. The smallest absolute Gasteiger partial charge is 0.407 e. The summed E-state index contributed by atoms with van der Waals surface area (Å²) in [5.74, 6) is -1.51. The van der Waals surface area contributed by atoms with Crippen LogP contribution in [0.3, 0.4) is 0 Å². The monoisotopic (exact) mass is 502 g/mol. The lowest BCUT2D eigenvalue weighted by Crippen LogP contribution is -2.48. The van der Waals surface area contributed by atoms with Gasteiger partial charge in [0, 0.05) is 12.7 Å². The number of hydrogen-bond donors (Lipinski definition) is 2. The van der Waals surface area contributed by atoms with Gasteiger partial charge in [-0.1, -0.05) is 19.9 Å². The Morgan fingerprint density at radius 3 is 2.39 bits per heavy atom. The SMILES string of the molecule is Cc1nc2c(OCc3c(F)cccc3F)cccn2c1C(=O)NCC(NC(=O)OC(C)(C)C)C(C)C. The summed E-state index contributed by atoms with van der Waals surface area (Å²) in [7, 11) is 0. The summed E-state index contributed by atoms with van der Waals surface area (Å²) in [5, 5.41) is 5.65. The third-order valence-corrected chi connectivity index (χ3v) is 5.43. The lowest BCUT2D eigenvalue weighted by Gasteiger charge is -2.26. The lowest BCUT2D eigenvalue weighted by molar-refractivity contribution is 0.0487. The minimum Gasteiger partial charge on any atom is -0.485 e. The van der Waals surface area contributed by atoms with Gasteiger partial charge in [0.1, 0.15) is 29.5 Å². The maximum atomic E-state index is 14.0. The molecule has 0 bridgehead atoms. The highest BCUT2D eigenvalue weighted by Gasteiger charge is 2.24. The third kappa shape index (κ3) is 6.50. The lowest BCUT2D eigenvalue weighted by atomic mass is 10.0. The molecule has 2 heterocycles. The molecule has 0 radical (unpaired) electrons. The Kier molecular flexibility index (Phi) is 8.17. The average molecular weight is 503 g/mol. The van der Waals surface area contributed by atoms with Crippen LogP contribution in [0.25, 0.3) is 5.65 Å². The Hall–Kier alpha value is -3.69. The van der Waals surface area contributed by atoms with Crippen molar-refractivity contribution in [2.24, 2.45) is 5.92 Å². The number of carbonyl (C=O) groups excluding carboxylic acids is 2. The van der Waals surface area contributed by atoms with E-state index in [1.54, 1.807) is 50.4 Å². The summed E-state index contributed by atoms with van der Waals surface area (Å²) in [6, 6.07) is 6.50. The number of pyridine rings is 1. The van der Waals surface area contributed by atoms with Crippen molar-refractivity contribution < 1.29 is 27.8 Å². The van der Waals surface area contributed by atoms with E-state index in [0.29, 0.717) is 11.3 Å². The van der Waals surface area contributed by atoms with E-state index in [1.807, 2.05) is 13.8 Å². The third-order valence-electron chi connectivity index (χ3n) is 5.43. The number of fused-ring (bicyclic) bond motifs is 1. The van der Waals surface area contributed by atoms with Gasteiger partial charge in [-0.2, -0.15) is 0 Å². The van der Waals surface area contributed by atoms with E-state index < -0.39 is 29.2 Å². The summed E-state index contributed by atoms with van der Waals surface area (Å²) in [6.45, 7) is 10.7. The molecule has 3 aromatic rings. The molecule has 1 atom stereocenters. The number of benzene rings is 1. The molecule has 0 aliphatic carbocycles. The van der Waals surface area contributed by atoms with Gasteiger partial charge in [0.25, 0.3) is 5.91 Å². The Morgan fingerprint density at radius 1 is 1.11 bits per heavy atom. The van der Waals surface area contributed by atoms with E-state index >= 15 is 0 Å². The summed E-state index contributed by atoms with van der Waals surface area (Å²) in [5.41, 5.74) is 0.233. The number of alkyl carbamates (subject to hydrolysis) is 1. The highest BCUT2D eigenvalue weighted by molar-refractivity contribution is 5.95. The number of carbonyl (C=O) groups is 2. The first-order valence-corrected chi connectivity index (χ1v) is 11.7. The van der Waals surface area contributed by atoms with Crippen LogP contribution in [0.15, 0.2) is 36.5 Å². The molecule has 2 amide bonds. The minimum absolute atomic E-state index is 0.0277. The first kappa shape index (κ1) is 26.9. The largest absolute Gasteiger partial charge is 0.485 e. The number of halogens is 2. The molecular formula is C26H32F2N4O4. The van der Waals surface area contributed by atoms with Crippen molar-refractivity contribution in [3.63, 3.8) is 0 Å². The molecule has 1 aromatic carbocycles. The van der Waals surface area contributed by atoms with Crippen molar-refractivity contribution in [1.29, 1.82) is 0 Å². The molecule has 10 heteroatoms. The van der Waals surface area contributed by atoms with E-state index in [0.717, 1.165) is 12.1 Å². The molecule has 8 nitrogen and oxygen atoms in total. The van der Waals surface area contributed by atoms with Crippen molar-refractivity contribution in [2.75, 3.05) is 6.54 Å². The van der Waals surface area contributed by atoms with Gasteiger partial charge >= 0.3 is 6.09 Å². The normalized spacial score (nSPS) is 12.5. The van der Waals surface area contributed by atoms with Crippen LogP contribution in [0.2, 0.25) is 0 Å². The van der Waals surface area contributed by atoms with Crippen LogP contribution in [-0.4, -0.2) is 39.6 Å². The minimum atomic E-state index is -0.707. The second-order valence-corrected chi connectivity index (χ2v) is 9.81. The molecule has 0 saturated carbocycles. The van der Waals surface area contributed by atoms with Crippen molar-refractivity contribution in [3.8, 4) is 5.75 Å². The second-order valence-electron chi connectivity index (χ2n) is 9.81. The van der Waals surface area contributed by atoms with E-state index in [1.165, 1.54) is 6.07 Å². The van der Waals surface area contributed by atoms with Crippen LogP contribution in [0.4, 0.5) is 13.6 Å². The summed E-state index contributed by atoms with van der Waals surface area (Å²) in [6.07, 6.45) is 1.09. The van der Waals surface area contributed by atoms with Gasteiger partial charge in [-0.05, 0) is 57.9 Å². The topological polar surface area (TPSA) is 94.0 Å². The zero-order valence-corrected chi connectivity index (χ0v) is 21.3. The summed E-state index contributed by atoms with van der Waals surface area (Å²) < 4.78 is 40.5. The number of nitrogens with one attached hydrogen (secondary N) is 2. The average Bonchev–Trinajstić information content (AvgIpc) is 3.11. The van der Waals surface area contributed by atoms with Crippen molar-refractivity contribution in [3.05, 3.63) is 65.1 Å². The van der Waals surface area contributed by atoms with Gasteiger partial charge in [-0.15, -0.1) is 0 Å². The van der Waals surface area contributed by atoms with E-state index in [9.17, 15) is 18.4 Å². The van der Waals surface area contributed by atoms with Crippen molar-refractivity contribution in [1.82, 2.24) is 20.0 Å². The molecule has 1 unspecified atom stereocenters. The Bertz CT molecular complexity index is 1230. The second kappa shape index (κ2) is 10.9. The predicted octanol–water partition coefficient (Wildman–Crippen LogP) is 4.78. The maximum absolute atomic E-state index is 14.0. The van der Waals surface area contributed by atoms with Crippen LogP contribution in [0, 0.1) is 24.5 Å². The molecule has 0 fully saturated rings. The number of rotatable bonds is 8. The quantitative estimate of drug-likeness (QED) is 0.463. The molecule has 36 heavy (non-hydrogen) atoms. The Balaban J connectivity index is 1.75. The van der Waals surface area contributed by atoms with Crippen molar-refractivity contribution in [2.45, 2.75) is 59.8 Å². The van der Waals surface area contributed by atoms with Gasteiger partial charge in [0.05, 0.1) is 17.3 Å². The Labute approximate surface area is 209 Å². The fraction of sp³-hybridized carbons (Fsp3) is 0.423. The van der Waals surface area contributed by atoms with E-state index in [-0.39, 0.29) is 42.1 Å². The van der Waals surface area contributed by atoms with Gasteiger partial charge in [-0.25, -0.2) is 18.6 Å². The van der Waals surface area contributed by atoms with Gasteiger partial charge < -0.3 is 20.1 Å². The van der Waals surface area contributed by atoms with Crippen molar-refractivity contribution >= 4 is 17.6 Å². The number of ether oxygens (including phenoxy) is 2. The zero-order chi connectivity index (χ0) is 26.6. The molecule has 194 valence electrons. The van der Waals surface area contributed by atoms with Gasteiger partial charge in [0.15, 0.2) is 11.4 Å². The molecule has 0 spiro atoms. The molecule has 0 saturated heterocycles. The fourth-order valence-corrected chi connectivity index (χ4v) is 3.56. The summed E-state index contributed by atoms with van der Waals surface area (Å²) in [4.78, 5) is 29.7. The number of imidazole rings is 1. The highest BCUT2D eigenvalue weighted by Crippen LogP contribution is 2.24. The Morgan fingerprint density at radius 2 is 1.78 bits per heavy atom. The molecule has 2 aromatic heterocycles. The highest BCUT2D eigenvalue weighted by atomic mass is 19.1. The number of hydrogen-bond acceptors (Lipinski definition) is 5. The van der Waals surface area contributed by atoms with Crippen LogP contribution in [0.1, 0.15) is 56.4 Å². The first-order valence-electron chi connectivity index (χ1n) is 11.7. The molecule has 0 aliphatic rings. The maximum Gasteiger partial charge on any atom is 0.407 e. The molecule has 0 aliphatic heterocycles. The fourth-order valence-electron chi connectivity index (χ4n) is 3.56. The summed E-state index contributed by atoms with van der Waals surface area (Å²) >= 11 is 0. The number of amides is 2.